The van der Waals surface area contributed by atoms with Crippen molar-refractivity contribution in [3.63, 3.8) is 0 Å². The average molecular weight is 975 g/mol. The molecule has 0 fully saturated rings. The number of halogens is 3. The molecule has 4 heterocycles. The lowest BCUT2D eigenvalue weighted by molar-refractivity contribution is 0.391. The normalized spacial score (nSPS) is 11.0. The molecular formula is C46H51Br2ClN8O4. The second-order valence-electron chi connectivity index (χ2n) is 14.1. The Hall–Kier alpha value is -5.15. The molecule has 4 aromatic carbocycles. The van der Waals surface area contributed by atoms with E-state index in [-0.39, 0.29) is 0 Å². The number of aromatic nitrogens is 6. The molecule has 0 saturated carbocycles. The molecule has 4 aromatic heterocycles. The Morgan fingerprint density at radius 2 is 1.13 bits per heavy atom. The summed E-state index contributed by atoms with van der Waals surface area (Å²) in [7, 11) is 6.55. The molecule has 12 nitrogen and oxygen atoms in total. The van der Waals surface area contributed by atoms with Gasteiger partial charge in [-0.2, -0.15) is 10.2 Å². The Kier molecular flexibility index (Phi) is 16.1. The van der Waals surface area contributed by atoms with Crippen molar-refractivity contribution in [2.24, 2.45) is 5.73 Å². The highest BCUT2D eigenvalue weighted by Gasteiger charge is 2.15. The van der Waals surface area contributed by atoms with Crippen LogP contribution in [0.15, 0.2) is 94.1 Å². The molecule has 0 radical (unpaired) electrons. The van der Waals surface area contributed by atoms with Gasteiger partial charge in [0.25, 0.3) is 0 Å². The summed E-state index contributed by atoms with van der Waals surface area (Å²) >= 11 is 13.2. The van der Waals surface area contributed by atoms with Gasteiger partial charge in [0, 0.05) is 92.3 Å². The number of nitrogens with one attached hydrogen (secondary N) is 1. The first-order valence-electron chi connectivity index (χ1n) is 20.1. The number of unbranched alkanes of at least 4 members (excludes halogenated alkanes) is 2. The van der Waals surface area contributed by atoms with Crippen LogP contribution in [-0.2, 0) is 26.2 Å². The minimum atomic E-state index is 0.468. The van der Waals surface area contributed by atoms with E-state index in [1.165, 1.54) is 0 Å². The summed E-state index contributed by atoms with van der Waals surface area (Å²) in [5.41, 5.74) is 11.0. The van der Waals surface area contributed by atoms with Gasteiger partial charge in [-0.3, -0.25) is 9.36 Å². The fraction of sp³-hybridized carbons (Fsp3) is 0.304. The van der Waals surface area contributed by atoms with Crippen LogP contribution in [0.3, 0.4) is 0 Å². The fourth-order valence-electron chi connectivity index (χ4n) is 6.74. The first-order chi connectivity index (χ1) is 29.6. The van der Waals surface area contributed by atoms with Crippen molar-refractivity contribution in [2.75, 3.05) is 33.8 Å². The van der Waals surface area contributed by atoms with Crippen molar-refractivity contribution >= 4 is 92.9 Å². The minimum absolute atomic E-state index is 0.468. The maximum Gasteiger partial charge on any atom is 0.157 e. The van der Waals surface area contributed by atoms with Crippen molar-refractivity contribution in [3.8, 4) is 23.0 Å². The molecule has 0 aliphatic heterocycles. The van der Waals surface area contributed by atoms with Crippen molar-refractivity contribution in [1.82, 2.24) is 29.5 Å². The van der Waals surface area contributed by atoms with Crippen molar-refractivity contribution in [2.45, 2.75) is 65.7 Å². The molecule has 3 N–H and O–H groups in total. The third kappa shape index (κ3) is 11.0. The molecule has 0 spiro atoms. The number of nitrogens with zero attached hydrogens (tertiary/aromatic N) is 6. The first kappa shape index (κ1) is 45.4. The maximum atomic E-state index is 6.23. The van der Waals surface area contributed by atoms with Crippen LogP contribution in [0.1, 0.15) is 50.7 Å². The number of aryl methyl sites for hydroxylation is 2. The van der Waals surface area contributed by atoms with Gasteiger partial charge in [0.15, 0.2) is 11.0 Å². The average Bonchev–Trinajstić information content (AvgIpc) is 3.92. The summed E-state index contributed by atoms with van der Waals surface area (Å²) in [6.45, 7) is 7.22. The van der Waals surface area contributed by atoms with Crippen LogP contribution in [0.2, 0.25) is 5.15 Å². The van der Waals surface area contributed by atoms with E-state index in [1.807, 2.05) is 70.0 Å². The van der Waals surface area contributed by atoms with E-state index in [1.54, 1.807) is 28.4 Å². The molecule has 8 rings (SSSR count). The summed E-state index contributed by atoms with van der Waals surface area (Å²) in [6, 6.07) is 23.6. The van der Waals surface area contributed by atoms with Gasteiger partial charge in [-0.05, 0) is 55.3 Å². The van der Waals surface area contributed by atoms with Crippen LogP contribution in [0.25, 0.3) is 43.6 Å². The molecule has 0 unspecified atom stereocenters. The monoisotopic (exact) mass is 972 g/mol. The zero-order valence-electron chi connectivity index (χ0n) is 35.3. The quantitative estimate of drug-likeness (QED) is 0.101. The molecule has 0 bridgehead atoms. The zero-order chi connectivity index (χ0) is 43.5. The van der Waals surface area contributed by atoms with Crippen molar-refractivity contribution < 1.29 is 18.9 Å². The number of fused-ring (bicyclic) bond motifs is 6. The molecule has 61 heavy (non-hydrogen) atoms. The second-order valence-corrected chi connectivity index (χ2v) is 16.3. The van der Waals surface area contributed by atoms with Crippen molar-refractivity contribution in [1.29, 1.82) is 0 Å². The van der Waals surface area contributed by atoms with E-state index in [0.717, 1.165) is 131 Å². The zero-order valence-corrected chi connectivity index (χ0v) is 39.2. The van der Waals surface area contributed by atoms with Crippen molar-refractivity contribution in [3.05, 3.63) is 110 Å². The molecule has 8 aromatic rings. The number of ether oxygens (including phenoxy) is 4. The van der Waals surface area contributed by atoms with E-state index in [9.17, 15) is 0 Å². The van der Waals surface area contributed by atoms with Gasteiger partial charge in [0.2, 0.25) is 0 Å². The predicted octanol–water partition coefficient (Wildman–Crippen LogP) is 11.7. The van der Waals surface area contributed by atoms with Crippen LogP contribution in [0.4, 0.5) is 5.82 Å². The summed E-state index contributed by atoms with van der Waals surface area (Å²) in [4.78, 5) is 9.30. The Bertz CT molecular complexity index is 2740. The number of pyridine rings is 2. The largest absolute Gasteiger partial charge is 0.497 e. The molecule has 15 heteroatoms. The van der Waals surface area contributed by atoms with Crippen LogP contribution in [0, 0.1) is 0 Å². The summed E-state index contributed by atoms with van der Waals surface area (Å²) < 4.78 is 27.0. The molecule has 0 saturated heterocycles. The minimum Gasteiger partial charge on any atom is -0.497 e. The molecular weight excluding hydrogens is 924 g/mol. The third-order valence-electron chi connectivity index (χ3n) is 10.0. The lowest BCUT2D eigenvalue weighted by Crippen LogP contribution is -2.05. The van der Waals surface area contributed by atoms with Crippen LogP contribution in [-0.4, -0.2) is 58.0 Å². The highest BCUT2D eigenvalue weighted by atomic mass is 79.9. The standard InChI is InChI=1S/C23H25BrN4O2.C14H13BrClN3.C9H13NO2/c1-4-5-10-28-14-19-18-9-7-16(24)11-20(18)26-23(22(19)27-28)25-13-15-6-8-17(29-2)12-21(15)30-3;1-2-3-6-19-8-11-10-5-4-9(15)7-12(10)17-14(16)13(11)18-19;1-11-8-4-3-7(6-10)9(5-8)12-2/h6-9,11-12,14H,4-5,10,13H2,1-3H3,(H,25,26);4-5,7-8H,2-3,6H2,1H3;3-5H,6,10H2,1-2H3. The Morgan fingerprint density at radius 3 is 1.66 bits per heavy atom. The predicted molar refractivity (Wildman–Crippen MR) is 255 cm³/mol. The van der Waals surface area contributed by atoms with E-state index < -0.39 is 0 Å². The molecule has 0 aliphatic carbocycles. The van der Waals surface area contributed by atoms with Gasteiger partial charge in [-0.1, -0.05) is 88.3 Å². The van der Waals surface area contributed by atoms with E-state index in [2.05, 4.69) is 85.6 Å². The molecule has 320 valence electrons. The van der Waals surface area contributed by atoms with Gasteiger partial charge in [0.05, 0.1) is 39.5 Å². The smallest absolute Gasteiger partial charge is 0.157 e. The molecule has 0 amide bonds. The van der Waals surface area contributed by atoms with E-state index in [4.69, 9.17) is 46.4 Å². The van der Waals surface area contributed by atoms with Crippen LogP contribution in [0.5, 0.6) is 23.0 Å². The third-order valence-corrected chi connectivity index (χ3v) is 11.3. The summed E-state index contributed by atoms with van der Waals surface area (Å²) in [5.74, 6) is 3.86. The van der Waals surface area contributed by atoms with Gasteiger partial charge in [0.1, 0.15) is 34.0 Å². The Balaban J connectivity index is 0.000000171. The Labute approximate surface area is 377 Å². The summed E-state index contributed by atoms with van der Waals surface area (Å²) in [5, 5.41) is 17.7. The highest BCUT2D eigenvalue weighted by molar-refractivity contribution is 9.10. The van der Waals surface area contributed by atoms with E-state index >= 15 is 0 Å². The SMILES string of the molecule is CCCCn1cc2c(n1)c(Cl)nc1cc(Br)ccc12.CCCCn1cc2c(n1)c(NCc1ccc(OC)cc1OC)nc1cc(Br)ccc12.COc1ccc(CN)c(OC)c1. The van der Waals surface area contributed by atoms with Gasteiger partial charge in [-0.25, -0.2) is 9.97 Å². The number of hydrogen-bond acceptors (Lipinski definition) is 10. The van der Waals surface area contributed by atoms with Gasteiger partial charge >= 0.3 is 0 Å². The van der Waals surface area contributed by atoms with Crippen LogP contribution >= 0.6 is 43.5 Å². The Morgan fingerprint density at radius 1 is 0.623 bits per heavy atom. The lowest BCUT2D eigenvalue weighted by Gasteiger charge is -2.12. The maximum absolute atomic E-state index is 6.23. The van der Waals surface area contributed by atoms with Gasteiger partial charge < -0.3 is 30.0 Å². The van der Waals surface area contributed by atoms with E-state index in [0.29, 0.717) is 18.2 Å². The molecule has 0 atom stereocenters. The topological polar surface area (TPSA) is 136 Å². The first-order valence-corrected chi connectivity index (χ1v) is 22.0. The fourth-order valence-corrected chi connectivity index (χ4v) is 7.66. The highest BCUT2D eigenvalue weighted by Crippen LogP contribution is 2.33. The second kappa shape index (κ2) is 21.6. The number of hydrogen-bond donors (Lipinski definition) is 2. The number of rotatable bonds is 14. The van der Waals surface area contributed by atoms with Gasteiger partial charge in [-0.15, -0.1) is 0 Å². The van der Waals surface area contributed by atoms with Crippen LogP contribution < -0.4 is 30.0 Å². The number of anilines is 1. The molecule has 0 aliphatic rings. The lowest BCUT2D eigenvalue weighted by atomic mass is 10.1. The summed E-state index contributed by atoms with van der Waals surface area (Å²) in [6.07, 6.45) is 8.68. The number of benzene rings is 4. The number of methoxy groups -OCH3 is 4. The number of nitrogens with two attached hydrogens (primary N) is 1.